The molecule has 0 fully saturated rings. The SMILES string of the molecule is CC.Cc1ccc(N(c2ccccc2)c2ccc(C)cc2)cc1. The molecule has 0 N–H and O–H groups in total. The highest BCUT2D eigenvalue weighted by Gasteiger charge is 2.11. The van der Waals surface area contributed by atoms with E-state index in [2.05, 4.69) is 91.5 Å². The molecule has 23 heavy (non-hydrogen) atoms. The molecule has 0 aliphatic rings. The van der Waals surface area contributed by atoms with Gasteiger partial charge in [0.1, 0.15) is 0 Å². The molecule has 0 aliphatic heterocycles. The third kappa shape index (κ3) is 4.23. The van der Waals surface area contributed by atoms with Crippen LogP contribution in [0.3, 0.4) is 0 Å². The standard InChI is InChI=1S/C20H19N.C2H6/c1-16-8-12-19(13-9-16)21(18-6-4-3-5-7-18)20-14-10-17(2)11-15-20;1-2/h3-15H,1-2H3;1-2H3. The summed E-state index contributed by atoms with van der Waals surface area (Å²) in [6, 6.07) is 27.8. The van der Waals surface area contributed by atoms with Crippen LogP contribution in [0.25, 0.3) is 0 Å². The minimum absolute atomic E-state index is 1.17. The molecule has 0 amide bonds. The first kappa shape index (κ1) is 16.8. The van der Waals surface area contributed by atoms with Crippen LogP contribution in [0.1, 0.15) is 25.0 Å². The first-order chi connectivity index (χ1) is 11.2. The van der Waals surface area contributed by atoms with Crippen molar-refractivity contribution in [2.45, 2.75) is 27.7 Å². The molecule has 3 aromatic carbocycles. The molecule has 0 atom stereocenters. The highest BCUT2D eigenvalue weighted by molar-refractivity contribution is 5.76. The van der Waals surface area contributed by atoms with Gasteiger partial charge < -0.3 is 4.90 Å². The molecule has 0 unspecified atom stereocenters. The second kappa shape index (κ2) is 8.19. The van der Waals surface area contributed by atoms with Gasteiger partial charge in [0, 0.05) is 17.1 Å². The summed E-state index contributed by atoms with van der Waals surface area (Å²) in [4.78, 5) is 2.28. The zero-order valence-electron chi connectivity index (χ0n) is 14.5. The van der Waals surface area contributed by atoms with Crippen LogP contribution in [0.4, 0.5) is 17.1 Å². The fourth-order valence-corrected chi connectivity index (χ4v) is 2.41. The Bertz CT molecular complexity index is 652. The van der Waals surface area contributed by atoms with Crippen molar-refractivity contribution < 1.29 is 0 Å². The number of hydrogen-bond acceptors (Lipinski definition) is 1. The number of para-hydroxylation sites is 1. The number of hydrogen-bond donors (Lipinski definition) is 0. The molecule has 1 heteroatoms. The average molecular weight is 303 g/mol. The minimum atomic E-state index is 1.17. The number of rotatable bonds is 3. The van der Waals surface area contributed by atoms with Gasteiger partial charge in [-0.3, -0.25) is 0 Å². The van der Waals surface area contributed by atoms with Crippen LogP contribution in [0, 0.1) is 13.8 Å². The number of nitrogens with zero attached hydrogens (tertiary/aromatic N) is 1. The van der Waals surface area contributed by atoms with Crippen LogP contribution in [0.5, 0.6) is 0 Å². The van der Waals surface area contributed by atoms with Gasteiger partial charge in [0.05, 0.1) is 0 Å². The zero-order chi connectivity index (χ0) is 16.7. The average Bonchev–Trinajstić information content (AvgIpc) is 2.61. The molecule has 0 spiro atoms. The molecular formula is C22H25N. The predicted molar refractivity (Wildman–Crippen MR) is 102 cm³/mol. The molecule has 1 nitrogen and oxygen atoms in total. The lowest BCUT2D eigenvalue weighted by atomic mass is 10.1. The zero-order valence-corrected chi connectivity index (χ0v) is 14.5. The Hall–Kier alpha value is -2.54. The molecule has 3 rings (SSSR count). The van der Waals surface area contributed by atoms with E-state index in [1.807, 2.05) is 19.9 Å². The second-order valence-corrected chi connectivity index (χ2v) is 5.34. The first-order valence-electron chi connectivity index (χ1n) is 8.22. The summed E-state index contributed by atoms with van der Waals surface area (Å²) < 4.78 is 0. The van der Waals surface area contributed by atoms with Crippen molar-refractivity contribution in [2.24, 2.45) is 0 Å². The quantitative estimate of drug-likeness (QED) is 0.514. The van der Waals surface area contributed by atoms with Gasteiger partial charge in [-0.25, -0.2) is 0 Å². The molecule has 3 aromatic rings. The molecule has 0 aliphatic carbocycles. The maximum Gasteiger partial charge on any atom is 0.0461 e. The normalized spacial score (nSPS) is 9.74. The Morgan fingerprint density at radius 1 is 0.478 bits per heavy atom. The minimum Gasteiger partial charge on any atom is -0.311 e. The summed E-state index contributed by atoms with van der Waals surface area (Å²) >= 11 is 0. The van der Waals surface area contributed by atoms with Gasteiger partial charge in [-0.2, -0.15) is 0 Å². The lowest BCUT2D eigenvalue weighted by Crippen LogP contribution is -2.09. The van der Waals surface area contributed by atoms with Gasteiger partial charge in [-0.1, -0.05) is 67.4 Å². The van der Waals surface area contributed by atoms with E-state index in [0.717, 1.165) is 0 Å². The summed E-state index contributed by atoms with van der Waals surface area (Å²) in [5, 5.41) is 0. The third-order valence-electron chi connectivity index (χ3n) is 3.60. The summed E-state index contributed by atoms with van der Waals surface area (Å²) in [6.45, 7) is 8.23. The van der Waals surface area contributed by atoms with E-state index in [1.165, 1.54) is 28.2 Å². The number of aryl methyl sites for hydroxylation is 2. The maximum absolute atomic E-state index is 2.28. The molecule has 0 saturated heterocycles. The van der Waals surface area contributed by atoms with Crippen LogP contribution in [0.2, 0.25) is 0 Å². The maximum atomic E-state index is 2.28. The summed E-state index contributed by atoms with van der Waals surface area (Å²) in [5.74, 6) is 0. The molecule has 0 bridgehead atoms. The lowest BCUT2D eigenvalue weighted by Gasteiger charge is -2.25. The van der Waals surface area contributed by atoms with Crippen molar-refractivity contribution in [1.29, 1.82) is 0 Å². The van der Waals surface area contributed by atoms with Gasteiger partial charge in [-0.05, 0) is 50.2 Å². The van der Waals surface area contributed by atoms with E-state index in [0.29, 0.717) is 0 Å². The fraction of sp³-hybridized carbons (Fsp3) is 0.182. The topological polar surface area (TPSA) is 3.24 Å². The third-order valence-corrected chi connectivity index (χ3v) is 3.60. The van der Waals surface area contributed by atoms with E-state index >= 15 is 0 Å². The van der Waals surface area contributed by atoms with Crippen molar-refractivity contribution in [3.63, 3.8) is 0 Å². The van der Waals surface area contributed by atoms with E-state index in [4.69, 9.17) is 0 Å². The van der Waals surface area contributed by atoms with Gasteiger partial charge >= 0.3 is 0 Å². The van der Waals surface area contributed by atoms with E-state index < -0.39 is 0 Å². The molecular weight excluding hydrogens is 278 g/mol. The molecule has 0 aromatic heterocycles. The first-order valence-corrected chi connectivity index (χ1v) is 8.22. The second-order valence-electron chi connectivity index (χ2n) is 5.34. The van der Waals surface area contributed by atoms with Crippen LogP contribution in [-0.4, -0.2) is 0 Å². The molecule has 0 radical (unpaired) electrons. The molecule has 118 valence electrons. The van der Waals surface area contributed by atoms with Crippen molar-refractivity contribution in [2.75, 3.05) is 4.90 Å². The Morgan fingerprint density at radius 2 is 0.826 bits per heavy atom. The van der Waals surface area contributed by atoms with E-state index in [9.17, 15) is 0 Å². The summed E-state index contributed by atoms with van der Waals surface area (Å²) in [5.41, 5.74) is 6.07. The van der Waals surface area contributed by atoms with Gasteiger partial charge in [0.15, 0.2) is 0 Å². The van der Waals surface area contributed by atoms with Gasteiger partial charge in [0.25, 0.3) is 0 Å². The van der Waals surface area contributed by atoms with E-state index in [1.54, 1.807) is 0 Å². The van der Waals surface area contributed by atoms with Crippen LogP contribution < -0.4 is 4.90 Å². The Morgan fingerprint density at radius 3 is 1.22 bits per heavy atom. The van der Waals surface area contributed by atoms with Crippen LogP contribution in [0.15, 0.2) is 78.9 Å². The van der Waals surface area contributed by atoms with Crippen molar-refractivity contribution in [1.82, 2.24) is 0 Å². The molecule has 0 heterocycles. The highest BCUT2D eigenvalue weighted by Crippen LogP contribution is 2.34. The fourth-order valence-electron chi connectivity index (χ4n) is 2.41. The summed E-state index contributed by atoms with van der Waals surface area (Å²) in [7, 11) is 0. The predicted octanol–water partition coefficient (Wildman–Crippen LogP) is 6.80. The Labute approximate surface area is 140 Å². The van der Waals surface area contributed by atoms with Crippen LogP contribution in [-0.2, 0) is 0 Å². The summed E-state index contributed by atoms with van der Waals surface area (Å²) in [6.07, 6.45) is 0. The lowest BCUT2D eigenvalue weighted by molar-refractivity contribution is 1.27. The van der Waals surface area contributed by atoms with Crippen molar-refractivity contribution in [3.05, 3.63) is 90.0 Å². The van der Waals surface area contributed by atoms with E-state index in [-0.39, 0.29) is 0 Å². The van der Waals surface area contributed by atoms with Crippen molar-refractivity contribution in [3.8, 4) is 0 Å². The van der Waals surface area contributed by atoms with Gasteiger partial charge in [0.2, 0.25) is 0 Å². The number of benzene rings is 3. The Balaban J connectivity index is 0.000000924. The largest absolute Gasteiger partial charge is 0.311 e. The molecule has 0 saturated carbocycles. The Kier molecular flexibility index (Phi) is 5.99. The van der Waals surface area contributed by atoms with Gasteiger partial charge in [-0.15, -0.1) is 0 Å². The van der Waals surface area contributed by atoms with Crippen LogP contribution >= 0.6 is 0 Å². The number of anilines is 3. The highest BCUT2D eigenvalue weighted by atomic mass is 15.1. The van der Waals surface area contributed by atoms with Crippen molar-refractivity contribution >= 4 is 17.1 Å². The monoisotopic (exact) mass is 303 g/mol. The smallest absolute Gasteiger partial charge is 0.0461 e.